The van der Waals surface area contributed by atoms with Gasteiger partial charge in [0.05, 0.1) is 18.8 Å². The van der Waals surface area contributed by atoms with Gasteiger partial charge in [0.15, 0.2) is 0 Å². The van der Waals surface area contributed by atoms with Crippen molar-refractivity contribution in [1.29, 1.82) is 0 Å². The first-order valence-corrected chi connectivity index (χ1v) is 7.86. The third-order valence-electron chi connectivity index (χ3n) is 4.48. The smallest absolute Gasteiger partial charge is 0.123 e. The molecule has 0 aliphatic heterocycles. The summed E-state index contributed by atoms with van der Waals surface area (Å²) in [5.41, 5.74) is 6.83. The predicted molar refractivity (Wildman–Crippen MR) is 81.9 cm³/mol. The zero-order valence-corrected chi connectivity index (χ0v) is 13.0. The summed E-state index contributed by atoms with van der Waals surface area (Å²) in [4.78, 5) is 0. The van der Waals surface area contributed by atoms with Crippen molar-refractivity contribution in [2.75, 3.05) is 13.7 Å². The van der Waals surface area contributed by atoms with E-state index in [1.54, 1.807) is 13.2 Å². The molecule has 1 fully saturated rings. The third kappa shape index (κ3) is 3.55. The van der Waals surface area contributed by atoms with Crippen molar-refractivity contribution in [3.63, 3.8) is 0 Å². The Morgan fingerprint density at radius 3 is 2.48 bits per heavy atom. The number of ether oxygens (including phenoxy) is 2. The fourth-order valence-corrected chi connectivity index (χ4v) is 3.39. The van der Waals surface area contributed by atoms with Crippen LogP contribution in [-0.2, 0) is 4.74 Å². The second-order valence-electron chi connectivity index (χ2n) is 5.78. The average Bonchev–Trinajstić information content (AvgIpc) is 2.73. The number of benzene rings is 1. The first kappa shape index (κ1) is 16.2. The van der Waals surface area contributed by atoms with E-state index in [-0.39, 0.29) is 11.9 Å². The van der Waals surface area contributed by atoms with Gasteiger partial charge >= 0.3 is 0 Å². The van der Waals surface area contributed by atoms with E-state index >= 15 is 0 Å². The molecule has 2 N–H and O–H groups in total. The summed E-state index contributed by atoms with van der Waals surface area (Å²) in [5, 5.41) is 0. The number of hydrogen-bond acceptors (Lipinski definition) is 3. The van der Waals surface area contributed by atoms with Crippen molar-refractivity contribution in [2.24, 2.45) is 5.73 Å². The van der Waals surface area contributed by atoms with Crippen LogP contribution in [0.25, 0.3) is 0 Å². The van der Waals surface area contributed by atoms with E-state index in [1.807, 2.05) is 6.92 Å². The largest absolute Gasteiger partial charge is 0.496 e. The van der Waals surface area contributed by atoms with Gasteiger partial charge in [-0.1, -0.05) is 25.7 Å². The second kappa shape index (κ2) is 7.23. The van der Waals surface area contributed by atoms with Crippen LogP contribution in [0.5, 0.6) is 5.75 Å². The maximum Gasteiger partial charge on any atom is 0.123 e. The summed E-state index contributed by atoms with van der Waals surface area (Å²) in [5.74, 6) is 0.341. The maximum absolute atomic E-state index is 13.6. The van der Waals surface area contributed by atoms with Crippen LogP contribution in [-0.4, -0.2) is 19.3 Å². The second-order valence-corrected chi connectivity index (χ2v) is 5.78. The zero-order chi connectivity index (χ0) is 15.3. The minimum Gasteiger partial charge on any atom is -0.496 e. The molecule has 2 rings (SSSR count). The summed E-state index contributed by atoms with van der Waals surface area (Å²) in [6.45, 7) is 2.60. The molecule has 1 aliphatic carbocycles. The number of nitrogens with two attached hydrogens (primary N) is 1. The Labute approximate surface area is 126 Å². The molecule has 1 unspecified atom stereocenters. The molecule has 0 heterocycles. The molecule has 0 radical (unpaired) electrons. The molecule has 0 aromatic heterocycles. The van der Waals surface area contributed by atoms with Crippen molar-refractivity contribution in [3.8, 4) is 5.75 Å². The van der Waals surface area contributed by atoms with Crippen LogP contribution in [0, 0.1) is 5.82 Å². The molecule has 4 heteroatoms. The van der Waals surface area contributed by atoms with Crippen LogP contribution in [0.1, 0.15) is 57.1 Å². The molecule has 0 spiro atoms. The van der Waals surface area contributed by atoms with Gasteiger partial charge < -0.3 is 15.2 Å². The van der Waals surface area contributed by atoms with E-state index in [0.717, 1.165) is 25.7 Å². The van der Waals surface area contributed by atoms with Gasteiger partial charge in [-0.2, -0.15) is 0 Å². The topological polar surface area (TPSA) is 44.5 Å². The van der Waals surface area contributed by atoms with E-state index in [2.05, 4.69) is 0 Å². The minimum atomic E-state index is -0.410. The van der Waals surface area contributed by atoms with E-state index in [9.17, 15) is 4.39 Å². The molecule has 0 bridgehead atoms. The average molecular weight is 295 g/mol. The molecule has 1 atom stereocenters. The maximum atomic E-state index is 13.6. The Bertz CT molecular complexity index is 456. The highest BCUT2D eigenvalue weighted by Crippen LogP contribution is 2.41. The van der Waals surface area contributed by atoms with Crippen LogP contribution in [0.15, 0.2) is 18.2 Å². The molecular formula is C17H26FNO2. The molecule has 0 saturated heterocycles. The molecule has 0 amide bonds. The van der Waals surface area contributed by atoms with Crippen molar-refractivity contribution in [3.05, 3.63) is 29.6 Å². The third-order valence-corrected chi connectivity index (χ3v) is 4.48. The van der Waals surface area contributed by atoms with E-state index in [4.69, 9.17) is 15.2 Å². The van der Waals surface area contributed by atoms with Crippen LogP contribution < -0.4 is 10.5 Å². The molecule has 3 nitrogen and oxygen atoms in total. The Morgan fingerprint density at radius 2 is 1.90 bits per heavy atom. The highest BCUT2D eigenvalue weighted by molar-refractivity contribution is 5.38. The number of halogens is 1. The lowest BCUT2D eigenvalue weighted by molar-refractivity contribution is -0.0699. The Kier molecular flexibility index (Phi) is 5.59. The van der Waals surface area contributed by atoms with Crippen molar-refractivity contribution >= 4 is 0 Å². The standard InChI is InChI=1S/C17H26FNO2/c1-3-21-17(10-6-4-5-7-11-17)16(19)14-12-13(18)8-9-15(14)20-2/h8-9,12,16H,3-7,10-11,19H2,1-2H3. The van der Waals surface area contributed by atoms with Crippen LogP contribution in [0.3, 0.4) is 0 Å². The van der Waals surface area contributed by atoms with E-state index in [1.165, 1.54) is 25.0 Å². The first-order valence-electron chi connectivity index (χ1n) is 7.86. The lowest BCUT2D eigenvalue weighted by Crippen LogP contribution is -2.43. The molecule has 21 heavy (non-hydrogen) atoms. The fourth-order valence-electron chi connectivity index (χ4n) is 3.39. The summed E-state index contributed by atoms with van der Waals surface area (Å²) in [6.07, 6.45) is 6.46. The van der Waals surface area contributed by atoms with Gasteiger partial charge in [0.1, 0.15) is 11.6 Å². The number of hydrogen-bond donors (Lipinski definition) is 1. The molecule has 118 valence electrons. The molecule has 1 aromatic rings. The van der Waals surface area contributed by atoms with Crippen molar-refractivity contribution in [2.45, 2.75) is 57.1 Å². The van der Waals surface area contributed by atoms with E-state index < -0.39 is 5.60 Å². The van der Waals surface area contributed by atoms with Gasteiger partial charge in [-0.3, -0.25) is 0 Å². The van der Waals surface area contributed by atoms with Crippen LogP contribution >= 0.6 is 0 Å². The summed E-state index contributed by atoms with van der Waals surface area (Å²) in [6, 6.07) is 4.15. The number of methoxy groups -OCH3 is 1. The quantitative estimate of drug-likeness (QED) is 0.836. The highest BCUT2D eigenvalue weighted by Gasteiger charge is 2.39. The number of rotatable bonds is 5. The highest BCUT2D eigenvalue weighted by atomic mass is 19.1. The van der Waals surface area contributed by atoms with Gasteiger partial charge in [-0.05, 0) is 38.0 Å². The SMILES string of the molecule is CCOC1(C(N)c2cc(F)ccc2OC)CCCCCC1. The van der Waals surface area contributed by atoms with Crippen molar-refractivity contribution in [1.82, 2.24) is 0 Å². The minimum absolute atomic E-state index is 0.290. The van der Waals surface area contributed by atoms with Gasteiger partial charge in [0, 0.05) is 12.2 Å². The zero-order valence-electron chi connectivity index (χ0n) is 13.0. The Hall–Kier alpha value is -1.13. The monoisotopic (exact) mass is 295 g/mol. The molecule has 1 aliphatic rings. The Balaban J connectivity index is 2.37. The van der Waals surface area contributed by atoms with Crippen LogP contribution in [0.4, 0.5) is 4.39 Å². The summed E-state index contributed by atoms with van der Waals surface area (Å²) < 4.78 is 25.1. The van der Waals surface area contributed by atoms with Gasteiger partial charge in [0.2, 0.25) is 0 Å². The molecule has 1 aromatic carbocycles. The van der Waals surface area contributed by atoms with Gasteiger partial charge in [0.25, 0.3) is 0 Å². The van der Waals surface area contributed by atoms with Crippen molar-refractivity contribution < 1.29 is 13.9 Å². The first-order chi connectivity index (χ1) is 10.1. The van der Waals surface area contributed by atoms with Crippen LogP contribution in [0.2, 0.25) is 0 Å². The normalized spacial score (nSPS) is 19.8. The fraction of sp³-hybridized carbons (Fsp3) is 0.647. The summed E-state index contributed by atoms with van der Waals surface area (Å²) >= 11 is 0. The van der Waals surface area contributed by atoms with Gasteiger partial charge in [-0.15, -0.1) is 0 Å². The van der Waals surface area contributed by atoms with Gasteiger partial charge in [-0.25, -0.2) is 4.39 Å². The molecule has 1 saturated carbocycles. The molecular weight excluding hydrogens is 269 g/mol. The summed E-state index contributed by atoms with van der Waals surface area (Å²) in [7, 11) is 1.59. The lowest BCUT2D eigenvalue weighted by Gasteiger charge is -2.39. The Morgan fingerprint density at radius 1 is 1.24 bits per heavy atom. The van der Waals surface area contributed by atoms with E-state index in [0.29, 0.717) is 17.9 Å². The lowest BCUT2D eigenvalue weighted by atomic mass is 9.82. The predicted octanol–water partition coefficient (Wildman–Crippen LogP) is 3.96.